The first-order valence-corrected chi connectivity index (χ1v) is 9.34. The van der Waals surface area contributed by atoms with E-state index in [4.69, 9.17) is 9.97 Å². The Balaban J connectivity index is 1.68. The molecule has 6 heteroatoms. The summed E-state index contributed by atoms with van der Waals surface area (Å²) < 4.78 is 5.39. The smallest absolute Gasteiger partial charge is 0.162 e. The Kier molecular flexibility index (Phi) is 3.76. The molecule has 0 saturated carbocycles. The second kappa shape index (κ2) is 6.41. The van der Waals surface area contributed by atoms with Crippen molar-refractivity contribution >= 4 is 44.0 Å². The number of fused-ring (bicyclic) bond motifs is 2. The molecule has 0 radical (unpaired) electrons. The highest BCUT2D eigenvalue weighted by Gasteiger charge is 2.11. The van der Waals surface area contributed by atoms with Crippen LogP contribution in [-0.2, 0) is 0 Å². The van der Waals surface area contributed by atoms with Crippen LogP contribution in [0.1, 0.15) is 5.56 Å². The minimum absolute atomic E-state index is 0.681. The lowest BCUT2D eigenvalue weighted by molar-refractivity contribution is 1.20. The maximum atomic E-state index is 4.81. The van der Waals surface area contributed by atoms with Crippen LogP contribution in [0.5, 0.6) is 0 Å². The molecule has 0 unspecified atom stereocenters. The SMILES string of the molecule is Cc1cccc2c(Nc3ccc4cnsc4c3)nc(-c3ccncc3)nc12. The van der Waals surface area contributed by atoms with Crippen molar-refractivity contribution in [2.24, 2.45) is 0 Å². The van der Waals surface area contributed by atoms with Crippen molar-refractivity contribution in [2.45, 2.75) is 6.92 Å². The maximum Gasteiger partial charge on any atom is 0.162 e. The molecule has 0 bridgehead atoms. The normalized spacial score (nSPS) is 11.1. The van der Waals surface area contributed by atoms with E-state index in [1.165, 1.54) is 11.5 Å². The van der Waals surface area contributed by atoms with Gasteiger partial charge in [0.25, 0.3) is 0 Å². The Morgan fingerprint density at radius 1 is 0.963 bits per heavy atom. The summed E-state index contributed by atoms with van der Waals surface area (Å²) in [7, 11) is 0. The zero-order chi connectivity index (χ0) is 18.2. The Labute approximate surface area is 159 Å². The van der Waals surface area contributed by atoms with Gasteiger partial charge in [-0.15, -0.1) is 0 Å². The molecule has 5 aromatic rings. The number of aromatic nitrogens is 4. The van der Waals surface area contributed by atoms with Gasteiger partial charge in [0.2, 0.25) is 0 Å². The second-order valence-corrected chi connectivity index (χ2v) is 7.14. The van der Waals surface area contributed by atoms with E-state index in [1.807, 2.05) is 36.5 Å². The van der Waals surface area contributed by atoms with E-state index >= 15 is 0 Å². The molecule has 3 heterocycles. The number of nitrogens with one attached hydrogen (secondary N) is 1. The standard InChI is InChI=1S/C21H15N5S/c1-13-3-2-4-17-19(13)25-20(14-7-9-22-10-8-14)26-21(17)24-16-6-5-15-12-23-27-18(15)11-16/h2-12H,1H3,(H,24,25,26). The number of nitrogens with zero attached hydrogens (tertiary/aromatic N) is 4. The number of anilines is 2. The Morgan fingerprint density at radius 2 is 1.85 bits per heavy atom. The summed E-state index contributed by atoms with van der Waals surface area (Å²) in [6, 6.07) is 16.2. The van der Waals surface area contributed by atoms with Crippen molar-refractivity contribution in [1.29, 1.82) is 0 Å². The highest BCUT2D eigenvalue weighted by Crippen LogP contribution is 2.30. The van der Waals surface area contributed by atoms with Crippen LogP contribution in [0.25, 0.3) is 32.4 Å². The van der Waals surface area contributed by atoms with E-state index < -0.39 is 0 Å². The molecule has 0 aliphatic heterocycles. The number of aryl methyl sites for hydroxylation is 1. The van der Waals surface area contributed by atoms with Crippen LogP contribution < -0.4 is 5.32 Å². The molecule has 0 amide bonds. The lowest BCUT2D eigenvalue weighted by Crippen LogP contribution is -2.00. The number of hydrogen-bond acceptors (Lipinski definition) is 6. The van der Waals surface area contributed by atoms with E-state index in [1.54, 1.807) is 12.4 Å². The molecule has 0 fully saturated rings. The zero-order valence-electron chi connectivity index (χ0n) is 14.5. The van der Waals surface area contributed by atoms with Gasteiger partial charge < -0.3 is 5.32 Å². The van der Waals surface area contributed by atoms with Crippen molar-refractivity contribution in [2.75, 3.05) is 5.32 Å². The van der Waals surface area contributed by atoms with Gasteiger partial charge in [-0.3, -0.25) is 4.98 Å². The van der Waals surface area contributed by atoms with Crippen molar-refractivity contribution in [1.82, 2.24) is 19.3 Å². The molecule has 2 aromatic carbocycles. The van der Waals surface area contributed by atoms with Crippen LogP contribution in [-0.4, -0.2) is 19.3 Å². The lowest BCUT2D eigenvalue weighted by Gasteiger charge is -2.12. The molecular weight excluding hydrogens is 354 g/mol. The number of rotatable bonds is 3. The van der Waals surface area contributed by atoms with Gasteiger partial charge in [0, 0.05) is 40.6 Å². The topological polar surface area (TPSA) is 63.6 Å². The van der Waals surface area contributed by atoms with E-state index in [-0.39, 0.29) is 0 Å². The predicted molar refractivity (Wildman–Crippen MR) is 110 cm³/mol. The highest BCUT2D eigenvalue weighted by molar-refractivity contribution is 7.13. The van der Waals surface area contributed by atoms with Crippen molar-refractivity contribution < 1.29 is 0 Å². The summed E-state index contributed by atoms with van der Waals surface area (Å²) in [5.74, 6) is 1.47. The molecule has 0 aliphatic rings. The summed E-state index contributed by atoms with van der Waals surface area (Å²) in [6.07, 6.45) is 5.39. The van der Waals surface area contributed by atoms with Gasteiger partial charge in [-0.05, 0) is 60.4 Å². The number of hydrogen-bond donors (Lipinski definition) is 1. The number of benzene rings is 2. The third-order valence-corrected chi connectivity index (χ3v) is 5.25. The highest BCUT2D eigenvalue weighted by atomic mass is 32.1. The average molecular weight is 369 g/mol. The van der Waals surface area contributed by atoms with Crippen molar-refractivity contribution in [3.63, 3.8) is 0 Å². The summed E-state index contributed by atoms with van der Waals surface area (Å²) in [5.41, 5.74) is 3.98. The predicted octanol–water partition coefficient (Wildman–Crippen LogP) is 5.35. The van der Waals surface area contributed by atoms with Gasteiger partial charge in [-0.2, -0.15) is 4.37 Å². The molecule has 130 valence electrons. The number of para-hydroxylation sites is 1. The van der Waals surface area contributed by atoms with Crippen molar-refractivity contribution in [3.8, 4) is 11.4 Å². The first-order valence-electron chi connectivity index (χ1n) is 8.57. The molecule has 0 saturated heterocycles. The van der Waals surface area contributed by atoms with Crippen molar-refractivity contribution in [3.05, 3.63) is 72.7 Å². The Bertz CT molecular complexity index is 1260. The Morgan fingerprint density at radius 3 is 2.74 bits per heavy atom. The molecule has 1 N–H and O–H groups in total. The molecule has 0 spiro atoms. The van der Waals surface area contributed by atoms with Crippen LogP contribution in [0.15, 0.2) is 67.1 Å². The van der Waals surface area contributed by atoms with Crippen LogP contribution in [0.4, 0.5) is 11.5 Å². The third kappa shape index (κ3) is 2.90. The van der Waals surface area contributed by atoms with Gasteiger partial charge in [0.05, 0.1) is 10.2 Å². The first kappa shape index (κ1) is 15.8. The van der Waals surface area contributed by atoms with Gasteiger partial charge in [0.1, 0.15) is 5.82 Å². The molecule has 0 aliphatic carbocycles. The molecule has 5 rings (SSSR count). The summed E-state index contributed by atoms with van der Waals surface area (Å²) >= 11 is 1.49. The summed E-state index contributed by atoms with van der Waals surface area (Å²) in [5, 5.41) is 5.62. The fourth-order valence-corrected chi connectivity index (χ4v) is 3.78. The third-order valence-electron chi connectivity index (χ3n) is 4.49. The average Bonchev–Trinajstić information content (AvgIpc) is 3.17. The second-order valence-electron chi connectivity index (χ2n) is 6.31. The minimum Gasteiger partial charge on any atom is -0.340 e. The van der Waals surface area contributed by atoms with Crippen LogP contribution in [0.3, 0.4) is 0 Å². The van der Waals surface area contributed by atoms with E-state index in [0.29, 0.717) is 5.82 Å². The molecule has 5 nitrogen and oxygen atoms in total. The molecule has 27 heavy (non-hydrogen) atoms. The largest absolute Gasteiger partial charge is 0.340 e. The molecular formula is C21H15N5S. The minimum atomic E-state index is 0.681. The van der Waals surface area contributed by atoms with Crippen LogP contribution >= 0.6 is 11.5 Å². The van der Waals surface area contributed by atoms with Gasteiger partial charge >= 0.3 is 0 Å². The fraction of sp³-hybridized carbons (Fsp3) is 0.0476. The van der Waals surface area contributed by atoms with Gasteiger partial charge in [-0.25, -0.2) is 9.97 Å². The Hall–Kier alpha value is -3.38. The monoisotopic (exact) mass is 369 g/mol. The first-order chi connectivity index (χ1) is 13.3. The van der Waals surface area contributed by atoms with Crippen LogP contribution in [0.2, 0.25) is 0 Å². The number of pyridine rings is 1. The van der Waals surface area contributed by atoms with Gasteiger partial charge in [0.15, 0.2) is 5.82 Å². The molecule has 0 atom stereocenters. The fourth-order valence-electron chi connectivity index (χ4n) is 3.10. The summed E-state index contributed by atoms with van der Waals surface area (Å²) in [6.45, 7) is 2.07. The van der Waals surface area contributed by atoms with E-state index in [0.717, 1.165) is 43.6 Å². The van der Waals surface area contributed by atoms with E-state index in [2.05, 4.69) is 39.8 Å². The van der Waals surface area contributed by atoms with E-state index in [9.17, 15) is 0 Å². The van der Waals surface area contributed by atoms with Crippen LogP contribution in [0, 0.1) is 6.92 Å². The molecule has 3 aromatic heterocycles. The quantitative estimate of drug-likeness (QED) is 0.464. The van der Waals surface area contributed by atoms with Gasteiger partial charge in [-0.1, -0.05) is 12.1 Å². The zero-order valence-corrected chi connectivity index (χ0v) is 15.4. The lowest BCUT2D eigenvalue weighted by atomic mass is 10.1. The summed E-state index contributed by atoms with van der Waals surface area (Å²) in [4.78, 5) is 13.7. The maximum absolute atomic E-state index is 4.81.